The molecule has 1 fully saturated rings. The van der Waals surface area contributed by atoms with Crippen molar-refractivity contribution >= 4 is 11.8 Å². The fraction of sp³-hybridized carbons (Fsp3) is 0.364. The van der Waals surface area contributed by atoms with Gasteiger partial charge in [-0.2, -0.15) is 0 Å². The molecule has 0 atom stereocenters. The van der Waals surface area contributed by atoms with E-state index in [4.69, 9.17) is 4.74 Å². The molecule has 0 unspecified atom stereocenters. The van der Waals surface area contributed by atoms with Crippen molar-refractivity contribution in [1.82, 2.24) is 4.90 Å². The molecule has 28 heavy (non-hydrogen) atoms. The van der Waals surface area contributed by atoms with Crippen molar-refractivity contribution in [2.75, 3.05) is 46.4 Å². The summed E-state index contributed by atoms with van der Waals surface area (Å²) in [4.78, 5) is 29.4. The third-order valence-electron chi connectivity index (χ3n) is 5.84. The van der Waals surface area contributed by atoms with Crippen LogP contribution in [-0.2, 0) is 6.54 Å². The van der Waals surface area contributed by atoms with Crippen LogP contribution in [0.1, 0.15) is 26.3 Å². The predicted molar refractivity (Wildman–Crippen MR) is 105 cm³/mol. The topological polar surface area (TPSA) is 55.5 Å². The maximum atomic E-state index is 12.5. The first-order valence-corrected chi connectivity index (χ1v) is 9.91. The van der Waals surface area contributed by atoms with E-state index >= 15 is 0 Å². The molecular weight excluding hydrogens is 354 g/mol. The van der Waals surface area contributed by atoms with Gasteiger partial charge in [0, 0.05) is 5.56 Å². The minimum Gasteiger partial charge on any atom is -0.497 e. The van der Waals surface area contributed by atoms with Gasteiger partial charge in [0.25, 0.3) is 11.8 Å². The number of quaternary nitrogens is 2. The lowest BCUT2D eigenvalue weighted by molar-refractivity contribution is -1.02. The van der Waals surface area contributed by atoms with E-state index in [1.165, 1.54) is 15.4 Å². The number of hydrogen-bond donors (Lipinski definition) is 2. The molecule has 2 aliphatic rings. The third-order valence-corrected chi connectivity index (χ3v) is 5.84. The number of carbonyl (C=O) groups is 2. The molecule has 0 aliphatic carbocycles. The van der Waals surface area contributed by atoms with E-state index < -0.39 is 0 Å². The lowest BCUT2D eigenvalue weighted by Gasteiger charge is -2.30. The molecule has 2 aliphatic heterocycles. The average molecular weight is 381 g/mol. The van der Waals surface area contributed by atoms with Crippen molar-refractivity contribution in [3.8, 4) is 5.75 Å². The Balaban J connectivity index is 1.25. The summed E-state index contributed by atoms with van der Waals surface area (Å²) in [7, 11) is 1.68. The van der Waals surface area contributed by atoms with Gasteiger partial charge in [-0.1, -0.05) is 12.1 Å². The van der Waals surface area contributed by atoms with Crippen molar-refractivity contribution in [2.45, 2.75) is 6.54 Å². The summed E-state index contributed by atoms with van der Waals surface area (Å²) >= 11 is 0. The highest BCUT2D eigenvalue weighted by Gasteiger charge is 2.36. The van der Waals surface area contributed by atoms with Crippen LogP contribution in [0.2, 0.25) is 0 Å². The fourth-order valence-electron chi connectivity index (χ4n) is 4.13. The zero-order valence-corrected chi connectivity index (χ0v) is 16.2. The number of nitrogens with zero attached hydrogens (tertiary/aromatic N) is 1. The highest BCUT2D eigenvalue weighted by atomic mass is 16.5. The molecule has 146 valence electrons. The van der Waals surface area contributed by atoms with Crippen LogP contribution in [0.15, 0.2) is 48.5 Å². The van der Waals surface area contributed by atoms with Gasteiger partial charge in [0.15, 0.2) is 0 Å². The molecule has 2 N–H and O–H groups in total. The number of benzene rings is 2. The largest absolute Gasteiger partial charge is 0.497 e. The number of piperazine rings is 1. The van der Waals surface area contributed by atoms with Gasteiger partial charge in [0.1, 0.15) is 38.5 Å². The van der Waals surface area contributed by atoms with Crippen molar-refractivity contribution in [2.24, 2.45) is 0 Å². The minimum atomic E-state index is -0.149. The number of rotatable bonds is 6. The molecule has 1 saturated heterocycles. The van der Waals surface area contributed by atoms with Crippen LogP contribution in [0.3, 0.4) is 0 Å². The minimum absolute atomic E-state index is 0.149. The summed E-state index contributed by atoms with van der Waals surface area (Å²) in [6.45, 7) is 6.67. The van der Waals surface area contributed by atoms with E-state index in [2.05, 4.69) is 12.1 Å². The molecule has 0 aromatic heterocycles. The smallest absolute Gasteiger partial charge is 0.261 e. The van der Waals surface area contributed by atoms with Gasteiger partial charge in [-0.25, -0.2) is 0 Å². The second-order valence-corrected chi connectivity index (χ2v) is 7.58. The Labute approximate surface area is 165 Å². The Morgan fingerprint density at radius 1 is 0.857 bits per heavy atom. The zero-order valence-electron chi connectivity index (χ0n) is 16.2. The molecule has 2 heterocycles. The lowest BCUT2D eigenvalue weighted by Crippen LogP contribution is -3.27. The average Bonchev–Trinajstić information content (AvgIpc) is 2.98. The van der Waals surface area contributed by atoms with Crippen molar-refractivity contribution in [3.05, 3.63) is 65.2 Å². The number of amides is 2. The van der Waals surface area contributed by atoms with Crippen LogP contribution < -0.4 is 14.5 Å². The normalized spacial score (nSPS) is 21.7. The number of ether oxygens (including phenoxy) is 1. The molecule has 0 bridgehead atoms. The van der Waals surface area contributed by atoms with Crippen molar-refractivity contribution < 1.29 is 24.1 Å². The SMILES string of the molecule is COc1ccc(C[NH+]2CC[NH+](CCN3C(=O)c4ccccc4C3=O)CC2)cc1. The van der Waals surface area contributed by atoms with Crippen LogP contribution in [-0.4, -0.2) is 63.1 Å². The van der Waals surface area contributed by atoms with Gasteiger partial charge in [0.2, 0.25) is 0 Å². The molecule has 6 heteroatoms. The molecule has 4 rings (SSSR count). The summed E-state index contributed by atoms with van der Waals surface area (Å²) in [6.07, 6.45) is 0. The third kappa shape index (κ3) is 3.79. The van der Waals surface area contributed by atoms with Crippen LogP contribution in [0, 0.1) is 0 Å². The molecule has 6 nitrogen and oxygen atoms in total. The number of nitrogens with one attached hydrogen (secondary N) is 2. The second-order valence-electron chi connectivity index (χ2n) is 7.58. The highest BCUT2D eigenvalue weighted by molar-refractivity contribution is 6.21. The molecule has 0 saturated carbocycles. The Morgan fingerprint density at radius 3 is 2.00 bits per heavy atom. The first kappa shape index (κ1) is 18.7. The number of methoxy groups -OCH3 is 1. The summed E-state index contributed by atoms with van der Waals surface area (Å²) in [5.74, 6) is 0.591. The molecule has 2 aromatic carbocycles. The van der Waals surface area contributed by atoms with E-state index in [1.807, 2.05) is 24.3 Å². The van der Waals surface area contributed by atoms with Crippen LogP contribution in [0.4, 0.5) is 0 Å². The molecule has 2 amide bonds. The summed E-state index contributed by atoms with van der Waals surface area (Å²) in [6, 6.07) is 15.4. The monoisotopic (exact) mass is 381 g/mol. The molecule has 2 aromatic rings. The molecular formula is C22H27N3O3+2. The second kappa shape index (κ2) is 8.12. The van der Waals surface area contributed by atoms with Crippen molar-refractivity contribution in [3.63, 3.8) is 0 Å². The Bertz CT molecular complexity index is 823. The first-order chi connectivity index (χ1) is 13.7. The van der Waals surface area contributed by atoms with Gasteiger partial charge in [-0.15, -0.1) is 0 Å². The Hall–Kier alpha value is -2.70. The van der Waals surface area contributed by atoms with E-state index in [1.54, 1.807) is 24.1 Å². The van der Waals surface area contributed by atoms with E-state index in [0.717, 1.165) is 45.0 Å². The zero-order chi connectivity index (χ0) is 19.5. The summed E-state index contributed by atoms with van der Waals surface area (Å²) < 4.78 is 5.22. The number of carbonyl (C=O) groups excluding carboxylic acids is 2. The Morgan fingerprint density at radius 2 is 1.43 bits per heavy atom. The highest BCUT2D eigenvalue weighted by Crippen LogP contribution is 2.21. The maximum Gasteiger partial charge on any atom is 0.261 e. The molecule has 0 radical (unpaired) electrons. The van der Waals surface area contributed by atoms with Gasteiger partial charge >= 0.3 is 0 Å². The number of hydrogen-bond acceptors (Lipinski definition) is 3. The van der Waals surface area contributed by atoms with Crippen LogP contribution in [0.25, 0.3) is 0 Å². The van der Waals surface area contributed by atoms with Gasteiger partial charge in [-0.3, -0.25) is 14.5 Å². The van der Waals surface area contributed by atoms with E-state index in [0.29, 0.717) is 17.7 Å². The van der Waals surface area contributed by atoms with Crippen molar-refractivity contribution in [1.29, 1.82) is 0 Å². The summed E-state index contributed by atoms with van der Waals surface area (Å²) in [5.41, 5.74) is 2.40. The number of imide groups is 1. The lowest BCUT2D eigenvalue weighted by atomic mass is 10.1. The van der Waals surface area contributed by atoms with Gasteiger partial charge in [-0.05, 0) is 36.4 Å². The van der Waals surface area contributed by atoms with Crippen LogP contribution in [0.5, 0.6) is 5.75 Å². The number of fused-ring (bicyclic) bond motifs is 1. The fourth-order valence-corrected chi connectivity index (χ4v) is 4.13. The standard InChI is InChI=1S/C22H25N3O3/c1-28-18-8-6-17(7-9-18)16-24-12-10-23(11-13-24)14-15-25-21(26)19-4-2-3-5-20(19)22(25)27/h2-9H,10-16H2,1H3/p+2. The summed E-state index contributed by atoms with van der Waals surface area (Å²) in [5, 5.41) is 0. The quantitative estimate of drug-likeness (QED) is 0.649. The van der Waals surface area contributed by atoms with Gasteiger partial charge < -0.3 is 14.5 Å². The van der Waals surface area contributed by atoms with E-state index in [9.17, 15) is 9.59 Å². The predicted octanol–water partition coefficient (Wildman–Crippen LogP) is -0.725. The molecule has 0 spiro atoms. The Kier molecular flexibility index (Phi) is 5.41. The van der Waals surface area contributed by atoms with Crippen LogP contribution >= 0.6 is 0 Å². The first-order valence-electron chi connectivity index (χ1n) is 9.91. The van der Waals surface area contributed by atoms with E-state index in [-0.39, 0.29) is 11.8 Å². The van der Waals surface area contributed by atoms with Gasteiger partial charge in [0.05, 0.1) is 31.3 Å². The maximum absolute atomic E-state index is 12.5.